The lowest BCUT2D eigenvalue weighted by Crippen LogP contribution is -2.00. The van der Waals surface area contributed by atoms with Gasteiger partial charge in [0.2, 0.25) is 0 Å². The summed E-state index contributed by atoms with van der Waals surface area (Å²) in [6, 6.07) is 7.65. The van der Waals surface area contributed by atoms with Crippen LogP contribution in [0.1, 0.15) is 0 Å². The van der Waals surface area contributed by atoms with Crippen LogP contribution < -0.4 is 10.5 Å². The fourth-order valence-electron chi connectivity index (χ4n) is 1.34. The van der Waals surface area contributed by atoms with Crippen molar-refractivity contribution in [2.45, 2.75) is 0 Å². The molecule has 0 amide bonds. The number of nitrogens with two attached hydrogens (primary N) is 1. The quantitative estimate of drug-likeness (QED) is 0.778. The number of nitrogens with zero attached hydrogens (tertiary/aromatic N) is 2. The molecule has 0 aliphatic heterocycles. The number of methoxy groups -OCH3 is 1. The third-order valence-electron chi connectivity index (χ3n) is 2.01. The normalized spacial score (nSPS) is 10.1. The number of aromatic nitrogens is 2. The first-order valence-electron chi connectivity index (χ1n) is 4.24. The Kier molecular flexibility index (Phi) is 2.10. The molecule has 4 nitrogen and oxygen atoms in total. The van der Waals surface area contributed by atoms with E-state index >= 15 is 0 Å². The Hall–Kier alpha value is -1.97. The molecule has 2 rings (SSSR count). The molecule has 0 saturated carbocycles. The van der Waals surface area contributed by atoms with E-state index in [0.29, 0.717) is 5.82 Å². The fraction of sp³-hybridized carbons (Fsp3) is 0.100. The molecule has 72 valence electrons. The van der Waals surface area contributed by atoms with Crippen molar-refractivity contribution in [3.63, 3.8) is 0 Å². The van der Waals surface area contributed by atoms with E-state index in [1.165, 1.54) is 0 Å². The second-order valence-corrected chi connectivity index (χ2v) is 2.86. The van der Waals surface area contributed by atoms with Crippen LogP contribution in [0.25, 0.3) is 5.69 Å². The van der Waals surface area contributed by atoms with Gasteiger partial charge in [-0.25, -0.2) is 4.98 Å². The summed E-state index contributed by atoms with van der Waals surface area (Å²) in [4.78, 5) is 3.96. The highest BCUT2D eigenvalue weighted by atomic mass is 16.5. The van der Waals surface area contributed by atoms with Crippen molar-refractivity contribution >= 4 is 5.82 Å². The predicted octanol–water partition coefficient (Wildman–Crippen LogP) is 1.46. The Balaban J connectivity index is 2.56. The highest BCUT2D eigenvalue weighted by molar-refractivity contribution is 5.51. The predicted molar refractivity (Wildman–Crippen MR) is 54.5 cm³/mol. The van der Waals surface area contributed by atoms with Crippen molar-refractivity contribution in [2.24, 2.45) is 0 Å². The van der Waals surface area contributed by atoms with Crippen LogP contribution >= 0.6 is 0 Å². The molecule has 14 heavy (non-hydrogen) atoms. The molecule has 0 saturated heterocycles. The van der Waals surface area contributed by atoms with Crippen molar-refractivity contribution in [3.05, 3.63) is 36.8 Å². The molecule has 2 aromatic rings. The lowest BCUT2D eigenvalue weighted by Gasteiger charge is -2.09. The van der Waals surface area contributed by atoms with E-state index in [9.17, 15) is 0 Å². The van der Waals surface area contributed by atoms with Gasteiger partial charge in [0, 0.05) is 0 Å². The van der Waals surface area contributed by atoms with Crippen molar-refractivity contribution in [3.8, 4) is 11.4 Å². The van der Waals surface area contributed by atoms with Gasteiger partial charge < -0.3 is 10.5 Å². The Labute approximate surface area is 81.9 Å². The first-order chi connectivity index (χ1) is 6.83. The van der Waals surface area contributed by atoms with Gasteiger partial charge in [-0.2, -0.15) is 0 Å². The average molecular weight is 189 g/mol. The monoisotopic (exact) mass is 189 g/mol. The number of hydrogen-bond acceptors (Lipinski definition) is 3. The minimum atomic E-state index is 0.592. The van der Waals surface area contributed by atoms with Gasteiger partial charge >= 0.3 is 0 Å². The summed E-state index contributed by atoms with van der Waals surface area (Å²) >= 11 is 0. The number of nitrogen functional groups attached to an aromatic ring is 1. The van der Waals surface area contributed by atoms with E-state index in [0.717, 1.165) is 11.4 Å². The Morgan fingerprint density at radius 3 is 2.79 bits per heavy atom. The van der Waals surface area contributed by atoms with Crippen LogP contribution in [-0.4, -0.2) is 16.7 Å². The van der Waals surface area contributed by atoms with Crippen molar-refractivity contribution in [2.75, 3.05) is 12.8 Å². The van der Waals surface area contributed by atoms with Gasteiger partial charge in [0.15, 0.2) is 0 Å². The maximum Gasteiger partial charge on any atom is 0.142 e. The van der Waals surface area contributed by atoms with Gasteiger partial charge in [0.25, 0.3) is 0 Å². The topological polar surface area (TPSA) is 53.1 Å². The molecule has 1 heterocycles. The molecule has 0 fully saturated rings. The molecule has 1 aromatic carbocycles. The lowest BCUT2D eigenvalue weighted by atomic mass is 10.3. The van der Waals surface area contributed by atoms with Crippen LogP contribution in [0.4, 0.5) is 5.82 Å². The fourth-order valence-corrected chi connectivity index (χ4v) is 1.34. The Bertz CT molecular complexity index is 436. The summed E-state index contributed by atoms with van der Waals surface area (Å²) in [7, 11) is 1.63. The number of anilines is 1. The molecule has 0 aliphatic rings. The van der Waals surface area contributed by atoms with Gasteiger partial charge in [-0.15, -0.1) is 0 Å². The van der Waals surface area contributed by atoms with E-state index in [2.05, 4.69) is 4.98 Å². The molecule has 1 aromatic heterocycles. The zero-order valence-corrected chi connectivity index (χ0v) is 7.84. The zero-order valence-electron chi connectivity index (χ0n) is 7.84. The minimum absolute atomic E-state index is 0.592. The molecular weight excluding hydrogens is 178 g/mol. The van der Waals surface area contributed by atoms with Crippen LogP contribution in [0.15, 0.2) is 36.8 Å². The molecule has 0 radical (unpaired) electrons. The molecule has 0 unspecified atom stereocenters. The first-order valence-corrected chi connectivity index (χ1v) is 4.24. The standard InChI is InChI=1S/C10H11N3O/c1-14-9-5-3-2-4-8(9)13-7-12-6-10(13)11/h2-7H,11H2,1H3. The molecule has 4 heteroatoms. The SMILES string of the molecule is COc1ccccc1-n1cncc1N. The second kappa shape index (κ2) is 3.41. The highest BCUT2D eigenvalue weighted by Crippen LogP contribution is 2.23. The van der Waals surface area contributed by atoms with Crippen molar-refractivity contribution in [1.29, 1.82) is 0 Å². The maximum atomic E-state index is 5.74. The van der Waals surface area contributed by atoms with E-state index < -0.39 is 0 Å². The molecular formula is C10H11N3O. The zero-order chi connectivity index (χ0) is 9.97. The van der Waals surface area contributed by atoms with Gasteiger partial charge in [0.1, 0.15) is 17.9 Å². The lowest BCUT2D eigenvalue weighted by molar-refractivity contribution is 0.413. The number of hydrogen-bond donors (Lipinski definition) is 1. The maximum absolute atomic E-state index is 5.74. The largest absolute Gasteiger partial charge is 0.495 e. The molecule has 0 spiro atoms. The first kappa shape index (κ1) is 8.62. The number of benzene rings is 1. The summed E-state index contributed by atoms with van der Waals surface area (Å²) in [5, 5.41) is 0. The number of imidazole rings is 1. The Morgan fingerprint density at radius 2 is 2.14 bits per heavy atom. The minimum Gasteiger partial charge on any atom is -0.495 e. The number of ether oxygens (including phenoxy) is 1. The van der Waals surface area contributed by atoms with Crippen LogP contribution in [-0.2, 0) is 0 Å². The highest BCUT2D eigenvalue weighted by Gasteiger charge is 2.05. The van der Waals surface area contributed by atoms with E-state index in [4.69, 9.17) is 10.5 Å². The van der Waals surface area contributed by atoms with Crippen LogP contribution in [0.3, 0.4) is 0 Å². The smallest absolute Gasteiger partial charge is 0.142 e. The van der Waals surface area contributed by atoms with Crippen LogP contribution in [0, 0.1) is 0 Å². The summed E-state index contributed by atoms with van der Waals surface area (Å²) in [5.41, 5.74) is 6.63. The molecule has 0 atom stereocenters. The Morgan fingerprint density at radius 1 is 1.36 bits per heavy atom. The summed E-state index contributed by atoms with van der Waals surface area (Å²) < 4.78 is 7.00. The van der Waals surface area contributed by atoms with Crippen molar-refractivity contribution < 1.29 is 4.74 Å². The van der Waals surface area contributed by atoms with E-state index in [1.54, 1.807) is 24.2 Å². The second-order valence-electron chi connectivity index (χ2n) is 2.86. The third kappa shape index (κ3) is 1.31. The molecule has 0 aliphatic carbocycles. The van der Waals surface area contributed by atoms with E-state index in [1.807, 2.05) is 24.3 Å². The van der Waals surface area contributed by atoms with Crippen molar-refractivity contribution in [1.82, 2.24) is 9.55 Å². The van der Waals surface area contributed by atoms with Crippen LogP contribution in [0.5, 0.6) is 5.75 Å². The van der Waals surface area contributed by atoms with Gasteiger partial charge in [-0.1, -0.05) is 12.1 Å². The van der Waals surface area contributed by atoms with Gasteiger partial charge in [-0.3, -0.25) is 4.57 Å². The average Bonchev–Trinajstić information content (AvgIpc) is 2.64. The third-order valence-corrected chi connectivity index (χ3v) is 2.01. The van der Waals surface area contributed by atoms with Gasteiger partial charge in [-0.05, 0) is 12.1 Å². The number of rotatable bonds is 2. The van der Waals surface area contributed by atoms with Crippen LogP contribution in [0.2, 0.25) is 0 Å². The summed E-state index contributed by atoms with van der Waals surface area (Å²) in [6.07, 6.45) is 3.26. The van der Waals surface area contributed by atoms with Gasteiger partial charge in [0.05, 0.1) is 19.0 Å². The summed E-state index contributed by atoms with van der Waals surface area (Å²) in [5.74, 6) is 1.37. The van der Waals surface area contributed by atoms with E-state index in [-0.39, 0.29) is 0 Å². The molecule has 2 N–H and O–H groups in total. The summed E-state index contributed by atoms with van der Waals surface area (Å²) in [6.45, 7) is 0. The number of para-hydroxylation sites is 2. The molecule has 0 bridgehead atoms.